The largest absolute Gasteiger partial charge is 0.507 e. The molecule has 0 heterocycles. The first kappa shape index (κ1) is 27.6. The number of carbonyl (C=O) groups is 2. The molecule has 0 fully saturated rings. The molecule has 0 unspecified atom stereocenters. The van der Waals surface area contributed by atoms with Crippen molar-refractivity contribution in [2.75, 3.05) is 13.7 Å². The van der Waals surface area contributed by atoms with Crippen LogP contribution < -0.4 is 14.2 Å². The quantitative estimate of drug-likeness (QED) is 0.194. The van der Waals surface area contributed by atoms with Crippen LogP contribution in [-0.2, 0) is 11.3 Å². The minimum absolute atomic E-state index is 0.0675. The molecule has 0 bridgehead atoms. The lowest BCUT2D eigenvalue weighted by molar-refractivity contribution is 0.0495. The molecule has 0 aliphatic heterocycles. The van der Waals surface area contributed by atoms with Crippen molar-refractivity contribution in [2.45, 2.75) is 54.1 Å². The van der Waals surface area contributed by atoms with E-state index >= 15 is 0 Å². The molecule has 37 heavy (non-hydrogen) atoms. The van der Waals surface area contributed by atoms with Crippen molar-refractivity contribution in [3.63, 3.8) is 0 Å². The van der Waals surface area contributed by atoms with Crippen molar-refractivity contribution < 1.29 is 33.6 Å². The number of unbranched alkanes of at least 4 members (excludes halogenated alkanes) is 1. The SMILES string of the molecule is CCCCOC(=O)c1c(C)cc(OC(=O)c2c(C)cc(OCc3ccccc3)c(C)c2OC)c(C)c1O. The lowest BCUT2D eigenvalue weighted by Gasteiger charge is -2.19. The number of rotatable bonds is 10. The number of methoxy groups -OCH3 is 1. The zero-order valence-electron chi connectivity index (χ0n) is 22.3. The molecule has 3 aromatic rings. The number of aryl methyl sites for hydroxylation is 2. The fraction of sp³-hybridized carbons (Fsp3) is 0.333. The number of hydrogen-bond acceptors (Lipinski definition) is 7. The molecular weight excluding hydrogens is 472 g/mol. The van der Waals surface area contributed by atoms with Gasteiger partial charge in [-0.25, -0.2) is 9.59 Å². The summed E-state index contributed by atoms with van der Waals surface area (Å²) < 4.78 is 22.6. The maximum Gasteiger partial charge on any atom is 0.347 e. The summed E-state index contributed by atoms with van der Waals surface area (Å²) in [5, 5.41) is 10.7. The van der Waals surface area contributed by atoms with E-state index in [-0.39, 0.29) is 34.8 Å². The molecule has 1 N–H and O–H groups in total. The van der Waals surface area contributed by atoms with Crippen LogP contribution in [0, 0.1) is 27.7 Å². The zero-order valence-corrected chi connectivity index (χ0v) is 22.3. The summed E-state index contributed by atoms with van der Waals surface area (Å²) in [5.41, 5.74) is 3.33. The van der Waals surface area contributed by atoms with E-state index in [9.17, 15) is 14.7 Å². The molecule has 0 saturated heterocycles. The molecule has 0 aliphatic rings. The van der Waals surface area contributed by atoms with Crippen molar-refractivity contribution in [3.8, 4) is 23.0 Å². The number of esters is 2. The van der Waals surface area contributed by atoms with Crippen molar-refractivity contribution in [1.29, 1.82) is 0 Å². The van der Waals surface area contributed by atoms with Gasteiger partial charge in [-0.1, -0.05) is 43.7 Å². The Labute approximate surface area is 217 Å². The fourth-order valence-corrected chi connectivity index (χ4v) is 4.01. The van der Waals surface area contributed by atoms with E-state index in [1.165, 1.54) is 7.11 Å². The predicted octanol–water partition coefficient (Wildman–Crippen LogP) is 6.39. The van der Waals surface area contributed by atoms with E-state index in [0.29, 0.717) is 34.8 Å². The molecule has 0 atom stereocenters. The van der Waals surface area contributed by atoms with Crippen LogP contribution in [0.4, 0.5) is 0 Å². The normalized spacial score (nSPS) is 10.6. The maximum atomic E-state index is 13.3. The van der Waals surface area contributed by atoms with Crippen molar-refractivity contribution in [1.82, 2.24) is 0 Å². The Kier molecular flexibility index (Phi) is 9.17. The third-order valence-corrected chi connectivity index (χ3v) is 6.17. The first-order chi connectivity index (χ1) is 17.7. The van der Waals surface area contributed by atoms with Crippen LogP contribution in [0.15, 0.2) is 42.5 Å². The highest BCUT2D eigenvalue weighted by molar-refractivity contribution is 5.98. The summed E-state index contributed by atoms with van der Waals surface area (Å²) in [6.45, 7) is 9.46. The average molecular weight is 507 g/mol. The minimum Gasteiger partial charge on any atom is -0.507 e. The van der Waals surface area contributed by atoms with E-state index < -0.39 is 11.9 Å². The molecule has 7 nitrogen and oxygen atoms in total. The highest BCUT2D eigenvalue weighted by Crippen LogP contribution is 2.38. The van der Waals surface area contributed by atoms with Gasteiger partial charge in [-0.05, 0) is 62.9 Å². The van der Waals surface area contributed by atoms with Crippen molar-refractivity contribution >= 4 is 11.9 Å². The molecule has 7 heteroatoms. The Morgan fingerprint density at radius 2 is 1.51 bits per heavy atom. The number of carbonyl (C=O) groups excluding carboxylic acids is 2. The van der Waals surface area contributed by atoms with Crippen LogP contribution in [0.5, 0.6) is 23.0 Å². The molecule has 0 spiro atoms. The summed E-state index contributed by atoms with van der Waals surface area (Å²) in [6.07, 6.45) is 1.62. The Balaban J connectivity index is 1.87. The second-order valence-corrected chi connectivity index (χ2v) is 8.92. The number of ether oxygens (including phenoxy) is 4. The standard InChI is InChI=1S/C30H34O7/c1-7-8-14-35-29(32)25-18(2)16-24(20(4)27(25)31)37-30(33)26-19(3)15-23(21(5)28(26)34-6)36-17-22-12-10-9-11-13-22/h9-13,15-16,31H,7-8,14,17H2,1-6H3. The van der Waals surface area contributed by atoms with E-state index in [2.05, 4.69) is 0 Å². The zero-order chi connectivity index (χ0) is 27.1. The molecule has 196 valence electrons. The summed E-state index contributed by atoms with van der Waals surface area (Å²) >= 11 is 0. The van der Waals surface area contributed by atoms with E-state index in [0.717, 1.165) is 18.4 Å². The van der Waals surface area contributed by atoms with Gasteiger partial charge in [-0.15, -0.1) is 0 Å². The average Bonchev–Trinajstić information content (AvgIpc) is 2.87. The number of hydrogen-bond donors (Lipinski definition) is 1. The molecule has 0 saturated carbocycles. The van der Waals surface area contributed by atoms with Crippen LogP contribution in [0.25, 0.3) is 0 Å². The number of benzene rings is 3. The van der Waals surface area contributed by atoms with Gasteiger partial charge in [0.1, 0.15) is 40.7 Å². The van der Waals surface area contributed by atoms with Gasteiger partial charge >= 0.3 is 11.9 Å². The summed E-state index contributed by atoms with van der Waals surface area (Å²) in [6, 6.07) is 13.1. The van der Waals surface area contributed by atoms with E-state index in [1.807, 2.05) is 44.2 Å². The van der Waals surface area contributed by atoms with Gasteiger partial charge in [0.25, 0.3) is 0 Å². The summed E-state index contributed by atoms with van der Waals surface area (Å²) in [7, 11) is 1.49. The summed E-state index contributed by atoms with van der Waals surface area (Å²) in [4.78, 5) is 25.8. The fourth-order valence-electron chi connectivity index (χ4n) is 4.01. The van der Waals surface area contributed by atoms with E-state index in [1.54, 1.807) is 32.9 Å². The Morgan fingerprint density at radius 3 is 2.16 bits per heavy atom. The molecule has 0 amide bonds. The second kappa shape index (κ2) is 12.3. The topological polar surface area (TPSA) is 91.3 Å². The van der Waals surface area contributed by atoms with Crippen LogP contribution >= 0.6 is 0 Å². The van der Waals surface area contributed by atoms with Gasteiger partial charge in [0.2, 0.25) is 0 Å². The third kappa shape index (κ3) is 6.23. The van der Waals surface area contributed by atoms with Gasteiger partial charge in [0, 0.05) is 11.1 Å². The van der Waals surface area contributed by atoms with Crippen LogP contribution in [-0.4, -0.2) is 30.8 Å². The molecule has 3 rings (SSSR count). The highest BCUT2D eigenvalue weighted by Gasteiger charge is 2.26. The first-order valence-corrected chi connectivity index (χ1v) is 12.3. The molecule has 0 aromatic heterocycles. The van der Waals surface area contributed by atoms with Crippen molar-refractivity contribution in [3.05, 3.63) is 81.4 Å². The number of phenols is 1. The van der Waals surface area contributed by atoms with Crippen molar-refractivity contribution in [2.24, 2.45) is 0 Å². The lowest BCUT2D eigenvalue weighted by atomic mass is 10.0. The van der Waals surface area contributed by atoms with Gasteiger partial charge in [-0.3, -0.25) is 0 Å². The predicted molar refractivity (Wildman–Crippen MR) is 141 cm³/mol. The maximum absolute atomic E-state index is 13.3. The molecule has 0 aliphatic carbocycles. The Hall–Kier alpha value is -4.00. The van der Waals surface area contributed by atoms with Crippen LogP contribution in [0.2, 0.25) is 0 Å². The number of phenolic OH excluding ortho intramolecular Hbond substituents is 1. The molecular formula is C30H34O7. The summed E-state index contributed by atoms with van der Waals surface area (Å²) in [5.74, 6) is -0.425. The smallest absolute Gasteiger partial charge is 0.347 e. The first-order valence-electron chi connectivity index (χ1n) is 12.3. The Morgan fingerprint density at radius 1 is 0.865 bits per heavy atom. The second-order valence-electron chi connectivity index (χ2n) is 8.92. The van der Waals surface area contributed by atoms with Crippen LogP contribution in [0.1, 0.15) is 68.3 Å². The van der Waals surface area contributed by atoms with Gasteiger partial charge < -0.3 is 24.1 Å². The molecule has 3 aromatic carbocycles. The van der Waals surface area contributed by atoms with Crippen LogP contribution in [0.3, 0.4) is 0 Å². The highest BCUT2D eigenvalue weighted by atomic mass is 16.5. The van der Waals surface area contributed by atoms with E-state index in [4.69, 9.17) is 18.9 Å². The minimum atomic E-state index is -0.646. The van der Waals surface area contributed by atoms with Gasteiger partial charge in [0.05, 0.1) is 13.7 Å². The Bertz CT molecular complexity index is 1280. The third-order valence-electron chi connectivity index (χ3n) is 6.17. The van der Waals surface area contributed by atoms with Gasteiger partial charge in [-0.2, -0.15) is 0 Å². The monoisotopic (exact) mass is 506 g/mol. The van der Waals surface area contributed by atoms with Gasteiger partial charge in [0.15, 0.2) is 0 Å². The number of aromatic hydroxyl groups is 1. The lowest BCUT2D eigenvalue weighted by Crippen LogP contribution is -2.15. The molecule has 0 radical (unpaired) electrons.